The summed E-state index contributed by atoms with van der Waals surface area (Å²) < 4.78 is 10.7. The minimum Gasteiger partial charge on any atom is -0.454 e. The monoisotopic (exact) mass is 421 g/mol. The van der Waals surface area contributed by atoms with Gasteiger partial charge in [0.1, 0.15) is 12.1 Å². The number of carbonyl (C=O) groups is 3. The average molecular weight is 421 g/mol. The lowest BCUT2D eigenvalue weighted by atomic mass is 9.76. The molecule has 1 saturated heterocycles. The SMILES string of the molecule is C[C@H](NC(=O)CN1C(=O)N[C@]2(CCCc3ccccc32)C1=O)c1ccc2c(c1)OCO2. The number of nitrogens with zero attached hydrogens (tertiary/aromatic N) is 1. The molecule has 2 atom stereocenters. The van der Waals surface area contributed by atoms with E-state index in [0.717, 1.165) is 34.4 Å². The molecule has 0 bridgehead atoms. The standard InChI is InChI=1S/C23H23N3O5/c1-14(16-8-9-18-19(11-16)31-13-30-18)24-20(27)12-26-21(28)23(25-22(26)29)10-4-6-15-5-2-3-7-17(15)23/h2-3,5,7-9,11,14H,4,6,10,12-13H2,1H3,(H,24,27)(H,25,29)/t14-,23-/m0/s1. The summed E-state index contributed by atoms with van der Waals surface area (Å²) in [7, 11) is 0. The fourth-order valence-corrected chi connectivity index (χ4v) is 4.65. The van der Waals surface area contributed by atoms with Crippen molar-refractivity contribution in [1.29, 1.82) is 0 Å². The summed E-state index contributed by atoms with van der Waals surface area (Å²) in [6.45, 7) is 1.68. The van der Waals surface area contributed by atoms with Crippen LogP contribution in [0.2, 0.25) is 0 Å². The van der Waals surface area contributed by atoms with Crippen LogP contribution in [0.25, 0.3) is 0 Å². The van der Waals surface area contributed by atoms with Crippen LogP contribution in [-0.2, 0) is 21.5 Å². The van der Waals surface area contributed by atoms with Crippen molar-refractivity contribution in [3.05, 3.63) is 59.2 Å². The van der Waals surface area contributed by atoms with E-state index in [1.165, 1.54) is 0 Å². The van der Waals surface area contributed by atoms with Crippen LogP contribution in [0.5, 0.6) is 11.5 Å². The highest BCUT2D eigenvalue weighted by atomic mass is 16.7. The first kappa shape index (κ1) is 19.4. The van der Waals surface area contributed by atoms with E-state index in [0.29, 0.717) is 17.9 Å². The number of hydrogen-bond acceptors (Lipinski definition) is 5. The maximum Gasteiger partial charge on any atom is 0.325 e. The molecule has 31 heavy (non-hydrogen) atoms. The fraction of sp³-hybridized carbons (Fsp3) is 0.348. The van der Waals surface area contributed by atoms with Crippen LogP contribution >= 0.6 is 0 Å². The lowest BCUT2D eigenvalue weighted by Crippen LogP contribution is -2.47. The highest BCUT2D eigenvalue weighted by molar-refractivity contribution is 6.09. The van der Waals surface area contributed by atoms with Gasteiger partial charge in [-0.25, -0.2) is 4.79 Å². The number of amides is 4. The second kappa shape index (κ2) is 7.30. The summed E-state index contributed by atoms with van der Waals surface area (Å²) in [6, 6.07) is 12.3. The van der Waals surface area contributed by atoms with E-state index in [-0.39, 0.29) is 25.3 Å². The first-order chi connectivity index (χ1) is 15.0. The Labute approximate surface area is 179 Å². The highest BCUT2D eigenvalue weighted by Crippen LogP contribution is 2.40. The number of urea groups is 1. The van der Waals surface area contributed by atoms with Gasteiger partial charge in [0, 0.05) is 0 Å². The Kier molecular flexibility index (Phi) is 4.57. The predicted octanol–water partition coefficient (Wildman–Crippen LogP) is 2.38. The summed E-state index contributed by atoms with van der Waals surface area (Å²) in [5, 5.41) is 5.73. The van der Waals surface area contributed by atoms with Gasteiger partial charge in [0.15, 0.2) is 11.5 Å². The molecule has 2 aromatic rings. The Morgan fingerprint density at radius 2 is 2.00 bits per heavy atom. The third kappa shape index (κ3) is 3.19. The van der Waals surface area contributed by atoms with Crippen molar-refractivity contribution in [3.63, 3.8) is 0 Å². The zero-order valence-electron chi connectivity index (χ0n) is 17.1. The smallest absolute Gasteiger partial charge is 0.325 e. The van der Waals surface area contributed by atoms with Gasteiger partial charge in [-0.2, -0.15) is 0 Å². The van der Waals surface area contributed by atoms with Crippen molar-refractivity contribution >= 4 is 17.8 Å². The molecule has 160 valence electrons. The van der Waals surface area contributed by atoms with Crippen LogP contribution < -0.4 is 20.1 Å². The molecule has 1 aliphatic carbocycles. The number of fused-ring (bicyclic) bond motifs is 3. The number of hydrogen-bond donors (Lipinski definition) is 2. The lowest BCUT2D eigenvalue weighted by Gasteiger charge is -2.33. The van der Waals surface area contributed by atoms with Crippen LogP contribution in [0, 0.1) is 0 Å². The van der Waals surface area contributed by atoms with Crippen molar-refractivity contribution in [2.45, 2.75) is 37.8 Å². The van der Waals surface area contributed by atoms with E-state index >= 15 is 0 Å². The zero-order chi connectivity index (χ0) is 21.6. The van der Waals surface area contributed by atoms with Gasteiger partial charge < -0.3 is 20.1 Å². The molecule has 8 heteroatoms. The van der Waals surface area contributed by atoms with Crippen molar-refractivity contribution < 1.29 is 23.9 Å². The molecule has 2 aliphatic heterocycles. The Morgan fingerprint density at radius 1 is 1.19 bits per heavy atom. The van der Waals surface area contributed by atoms with Crippen molar-refractivity contribution in [2.75, 3.05) is 13.3 Å². The number of aryl methyl sites for hydroxylation is 1. The summed E-state index contributed by atoms with van der Waals surface area (Å²) in [5.74, 6) is 0.524. The Balaban J connectivity index is 1.30. The van der Waals surface area contributed by atoms with E-state index in [4.69, 9.17) is 9.47 Å². The Bertz CT molecular complexity index is 1080. The molecule has 8 nitrogen and oxygen atoms in total. The van der Waals surface area contributed by atoms with E-state index < -0.39 is 17.5 Å². The number of carbonyl (C=O) groups excluding carboxylic acids is 3. The number of rotatable bonds is 4. The first-order valence-electron chi connectivity index (χ1n) is 10.4. The second-order valence-electron chi connectivity index (χ2n) is 8.14. The van der Waals surface area contributed by atoms with Gasteiger partial charge in [-0.05, 0) is 55.0 Å². The van der Waals surface area contributed by atoms with E-state index in [1.807, 2.05) is 43.3 Å². The van der Waals surface area contributed by atoms with Crippen molar-refractivity contribution in [2.24, 2.45) is 0 Å². The molecule has 1 spiro atoms. The van der Waals surface area contributed by atoms with Crippen LogP contribution in [0.15, 0.2) is 42.5 Å². The molecule has 2 N–H and O–H groups in total. The molecule has 0 saturated carbocycles. The summed E-state index contributed by atoms with van der Waals surface area (Å²) >= 11 is 0. The van der Waals surface area contributed by atoms with E-state index in [2.05, 4.69) is 10.6 Å². The highest BCUT2D eigenvalue weighted by Gasteiger charge is 2.54. The van der Waals surface area contributed by atoms with Crippen molar-refractivity contribution in [3.8, 4) is 11.5 Å². The third-order valence-corrected chi connectivity index (χ3v) is 6.23. The van der Waals surface area contributed by atoms with Crippen LogP contribution in [0.4, 0.5) is 4.79 Å². The molecule has 2 aromatic carbocycles. The van der Waals surface area contributed by atoms with Gasteiger partial charge >= 0.3 is 6.03 Å². The minimum atomic E-state index is -1.07. The average Bonchev–Trinajstić information content (AvgIpc) is 3.32. The van der Waals surface area contributed by atoms with Gasteiger partial charge in [0.2, 0.25) is 12.7 Å². The first-order valence-corrected chi connectivity index (χ1v) is 10.4. The number of imide groups is 1. The molecule has 4 amide bonds. The zero-order valence-corrected chi connectivity index (χ0v) is 17.1. The molecule has 5 rings (SSSR count). The van der Waals surface area contributed by atoms with Gasteiger partial charge in [-0.1, -0.05) is 30.3 Å². The maximum atomic E-state index is 13.3. The van der Waals surface area contributed by atoms with E-state index in [1.54, 1.807) is 6.07 Å². The minimum absolute atomic E-state index is 0.177. The van der Waals surface area contributed by atoms with Gasteiger partial charge in [0.25, 0.3) is 5.91 Å². The molecule has 3 aliphatic rings. The normalized spacial score (nSPS) is 22.3. The van der Waals surface area contributed by atoms with Gasteiger partial charge in [0.05, 0.1) is 6.04 Å². The topological polar surface area (TPSA) is 97.0 Å². The second-order valence-corrected chi connectivity index (χ2v) is 8.14. The largest absolute Gasteiger partial charge is 0.454 e. The third-order valence-electron chi connectivity index (χ3n) is 6.23. The number of ether oxygens (including phenoxy) is 2. The molecular weight excluding hydrogens is 398 g/mol. The number of nitrogens with one attached hydrogen (secondary N) is 2. The molecule has 0 unspecified atom stereocenters. The lowest BCUT2D eigenvalue weighted by molar-refractivity contribution is -0.135. The number of benzene rings is 2. The molecular formula is C23H23N3O5. The van der Waals surface area contributed by atoms with Gasteiger partial charge in [-0.3, -0.25) is 14.5 Å². The molecule has 2 heterocycles. The van der Waals surface area contributed by atoms with Crippen LogP contribution in [0.1, 0.15) is 42.5 Å². The quantitative estimate of drug-likeness (QED) is 0.739. The Hall–Kier alpha value is -3.55. The summed E-state index contributed by atoms with van der Waals surface area (Å²) in [5.41, 5.74) is 1.66. The Morgan fingerprint density at radius 3 is 2.87 bits per heavy atom. The molecule has 1 fully saturated rings. The van der Waals surface area contributed by atoms with Crippen LogP contribution in [-0.4, -0.2) is 36.1 Å². The van der Waals surface area contributed by atoms with Gasteiger partial charge in [-0.15, -0.1) is 0 Å². The van der Waals surface area contributed by atoms with Crippen LogP contribution in [0.3, 0.4) is 0 Å². The fourth-order valence-electron chi connectivity index (χ4n) is 4.65. The molecule has 0 radical (unpaired) electrons. The molecule has 0 aromatic heterocycles. The maximum absolute atomic E-state index is 13.3. The van der Waals surface area contributed by atoms with Crippen molar-refractivity contribution in [1.82, 2.24) is 15.5 Å². The summed E-state index contributed by atoms with van der Waals surface area (Å²) in [6.07, 6.45) is 2.19. The predicted molar refractivity (Wildman–Crippen MR) is 110 cm³/mol. The summed E-state index contributed by atoms with van der Waals surface area (Å²) in [4.78, 5) is 39.7. The van der Waals surface area contributed by atoms with E-state index in [9.17, 15) is 14.4 Å².